The number of ether oxygens (including phenoxy) is 2. The highest BCUT2D eigenvalue weighted by molar-refractivity contribution is 9.10. The van der Waals surface area contributed by atoms with Crippen LogP contribution in [0.5, 0.6) is 11.5 Å². The molecule has 0 aliphatic heterocycles. The SMILES string of the molecule is CCOc1cc(CNCCO)cc(Br)c1OCC(=O)NC1CCCCC1.Cl. The largest absolute Gasteiger partial charge is 0.490 e. The van der Waals surface area contributed by atoms with Gasteiger partial charge in [-0.2, -0.15) is 0 Å². The summed E-state index contributed by atoms with van der Waals surface area (Å²) in [4.78, 5) is 12.2. The van der Waals surface area contributed by atoms with Crippen LogP contribution in [0.2, 0.25) is 0 Å². The number of carbonyl (C=O) groups is 1. The maximum Gasteiger partial charge on any atom is 0.258 e. The first-order valence-corrected chi connectivity index (χ1v) is 10.1. The number of hydrogen-bond donors (Lipinski definition) is 3. The molecule has 154 valence electrons. The van der Waals surface area contributed by atoms with Gasteiger partial charge in [-0.25, -0.2) is 0 Å². The summed E-state index contributed by atoms with van der Waals surface area (Å²) in [6, 6.07) is 4.10. The summed E-state index contributed by atoms with van der Waals surface area (Å²) in [5.41, 5.74) is 1.01. The van der Waals surface area contributed by atoms with Crippen LogP contribution in [0.25, 0.3) is 0 Å². The van der Waals surface area contributed by atoms with Crippen LogP contribution in [0.1, 0.15) is 44.6 Å². The minimum Gasteiger partial charge on any atom is -0.490 e. The molecule has 0 heterocycles. The number of benzene rings is 1. The van der Waals surface area contributed by atoms with E-state index < -0.39 is 0 Å². The first-order valence-electron chi connectivity index (χ1n) is 9.33. The van der Waals surface area contributed by atoms with E-state index in [1.165, 1.54) is 19.3 Å². The van der Waals surface area contributed by atoms with Gasteiger partial charge in [0.25, 0.3) is 5.91 Å². The predicted molar refractivity (Wildman–Crippen MR) is 112 cm³/mol. The number of nitrogens with one attached hydrogen (secondary N) is 2. The quantitative estimate of drug-likeness (QED) is 0.463. The maximum atomic E-state index is 12.2. The van der Waals surface area contributed by atoms with Crippen molar-refractivity contribution in [3.05, 3.63) is 22.2 Å². The molecule has 27 heavy (non-hydrogen) atoms. The van der Waals surface area contributed by atoms with Gasteiger partial charge in [-0.05, 0) is 53.4 Å². The van der Waals surface area contributed by atoms with Crippen LogP contribution in [0, 0.1) is 0 Å². The molecule has 1 aliphatic rings. The summed E-state index contributed by atoms with van der Waals surface area (Å²) >= 11 is 3.51. The topological polar surface area (TPSA) is 79.8 Å². The average Bonchev–Trinajstić information content (AvgIpc) is 2.62. The summed E-state index contributed by atoms with van der Waals surface area (Å²) in [7, 11) is 0. The van der Waals surface area contributed by atoms with E-state index in [9.17, 15) is 4.79 Å². The summed E-state index contributed by atoms with van der Waals surface area (Å²) in [6.07, 6.45) is 5.71. The van der Waals surface area contributed by atoms with E-state index in [-0.39, 0.29) is 37.6 Å². The lowest BCUT2D eigenvalue weighted by atomic mass is 9.95. The molecule has 1 fully saturated rings. The van der Waals surface area contributed by atoms with E-state index in [0.29, 0.717) is 31.2 Å². The Bertz CT molecular complexity index is 583. The van der Waals surface area contributed by atoms with Crippen molar-refractivity contribution in [1.82, 2.24) is 10.6 Å². The first kappa shape index (κ1) is 24.0. The Morgan fingerprint density at radius 3 is 2.67 bits per heavy atom. The molecular weight excluding hydrogens is 436 g/mol. The molecule has 6 nitrogen and oxygen atoms in total. The number of amides is 1. The highest BCUT2D eigenvalue weighted by Gasteiger charge is 2.18. The number of hydrogen-bond acceptors (Lipinski definition) is 5. The molecule has 8 heteroatoms. The summed E-state index contributed by atoms with van der Waals surface area (Å²) in [5, 5.41) is 15.1. The lowest BCUT2D eigenvalue weighted by Gasteiger charge is -2.23. The van der Waals surface area contributed by atoms with Crippen molar-refractivity contribution in [3.63, 3.8) is 0 Å². The van der Waals surface area contributed by atoms with Crippen LogP contribution in [0.4, 0.5) is 0 Å². The Morgan fingerprint density at radius 2 is 2.00 bits per heavy atom. The Hall–Kier alpha value is -1.02. The molecule has 0 bridgehead atoms. The van der Waals surface area contributed by atoms with Crippen molar-refractivity contribution in [2.45, 2.75) is 51.6 Å². The number of carbonyl (C=O) groups excluding carboxylic acids is 1. The van der Waals surface area contributed by atoms with E-state index in [0.717, 1.165) is 22.9 Å². The Balaban J connectivity index is 0.00000364. The predicted octanol–water partition coefficient (Wildman–Crippen LogP) is 3.18. The second kappa shape index (κ2) is 13.2. The maximum absolute atomic E-state index is 12.2. The fraction of sp³-hybridized carbons (Fsp3) is 0.632. The minimum atomic E-state index is -0.0973. The fourth-order valence-corrected chi connectivity index (χ4v) is 3.70. The molecule has 2 rings (SSSR count). The summed E-state index contributed by atoms with van der Waals surface area (Å²) in [6.45, 7) is 3.62. The number of halogens is 2. The molecule has 0 spiro atoms. The van der Waals surface area contributed by atoms with Crippen LogP contribution in [0.15, 0.2) is 16.6 Å². The molecule has 0 saturated heterocycles. The Morgan fingerprint density at radius 1 is 1.26 bits per heavy atom. The smallest absolute Gasteiger partial charge is 0.258 e. The third kappa shape index (κ3) is 8.25. The average molecular weight is 466 g/mol. The van der Waals surface area contributed by atoms with E-state index in [4.69, 9.17) is 14.6 Å². The second-order valence-electron chi connectivity index (χ2n) is 6.43. The van der Waals surface area contributed by atoms with Gasteiger partial charge >= 0.3 is 0 Å². The zero-order valence-electron chi connectivity index (χ0n) is 15.8. The van der Waals surface area contributed by atoms with E-state index in [1.807, 2.05) is 19.1 Å². The van der Waals surface area contributed by atoms with Crippen molar-refractivity contribution < 1.29 is 19.4 Å². The molecule has 0 aromatic heterocycles. The Kier molecular flexibility index (Phi) is 11.7. The van der Waals surface area contributed by atoms with Gasteiger partial charge in [-0.15, -0.1) is 12.4 Å². The van der Waals surface area contributed by atoms with Crippen molar-refractivity contribution in [2.75, 3.05) is 26.4 Å². The zero-order chi connectivity index (χ0) is 18.8. The van der Waals surface area contributed by atoms with Gasteiger partial charge in [0.1, 0.15) is 0 Å². The normalized spacial score (nSPS) is 14.3. The van der Waals surface area contributed by atoms with Gasteiger partial charge in [0.2, 0.25) is 0 Å². The van der Waals surface area contributed by atoms with Crippen molar-refractivity contribution in [2.24, 2.45) is 0 Å². The summed E-state index contributed by atoms with van der Waals surface area (Å²) < 4.78 is 12.2. The van der Waals surface area contributed by atoms with Crippen LogP contribution in [0.3, 0.4) is 0 Å². The molecule has 1 amide bonds. The van der Waals surface area contributed by atoms with Gasteiger partial charge in [-0.1, -0.05) is 19.3 Å². The van der Waals surface area contributed by atoms with Gasteiger partial charge in [0.05, 0.1) is 17.7 Å². The number of aliphatic hydroxyl groups is 1. The molecular formula is C19H30BrClN2O4. The molecule has 3 N–H and O–H groups in total. The van der Waals surface area contributed by atoms with E-state index >= 15 is 0 Å². The fourth-order valence-electron chi connectivity index (χ4n) is 3.09. The van der Waals surface area contributed by atoms with Crippen LogP contribution in [-0.2, 0) is 11.3 Å². The van der Waals surface area contributed by atoms with Crippen molar-refractivity contribution in [1.29, 1.82) is 0 Å². The first-order chi connectivity index (χ1) is 12.6. The van der Waals surface area contributed by atoms with Gasteiger partial charge < -0.3 is 25.2 Å². The molecule has 1 saturated carbocycles. The minimum absolute atomic E-state index is 0. The third-order valence-corrected chi connectivity index (χ3v) is 4.89. The highest BCUT2D eigenvalue weighted by atomic mass is 79.9. The zero-order valence-corrected chi connectivity index (χ0v) is 18.2. The molecule has 0 atom stereocenters. The molecule has 1 aromatic carbocycles. The molecule has 0 unspecified atom stereocenters. The van der Waals surface area contributed by atoms with E-state index in [1.54, 1.807) is 0 Å². The Labute approximate surface area is 175 Å². The van der Waals surface area contributed by atoms with Crippen molar-refractivity contribution in [3.8, 4) is 11.5 Å². The number of aliphatic hydroxyl groups excluding tert-OH is 1. The van der Waals surface area contributed by atoms with Crippen molar-refractivity contribution >= 4 is 34.2 Å². The van der Waals surface area contributed by atoms with Gasteiger partial charge in [0, 0.05) is 19.1 Å². The molecule has 1 aliphatic carbocycles. The number of rotatable bonds is 10. The molecule has 1 aromatic rings. The summed E-state index contributed by atoms with van der Waals surface area (Å²) in [5.74, 6) is 1.05. The monoisotopic (exact) mass is 464 g/mol. The van der Waals surface area contributed by atoms with Crippen LogP contribution in [-0.4, -0.2) is 43.4 Å². The lowest BCUT2D eigenvalue weighted by molar-refractivity contribution is -0.124. The standard InChI is InChI=1S/C19H29BrN2O4.ClH/c1-2-25-17-11-14(12-21-8-9-23)10-16(20)19(17)26-13-18(24)22-15-6-4-3-5-7-15;/h10-11,15,21,23H,2-9,12-13H2,1H3,(H,22,24);1H. The lowest BCUT2D eigenvalue weighted by Crippen LogP contribution is -2.39. The van der Waals surface area contributed by atoms with Gasteiger partial charge in [0.15, 0.2) is 18.1 Å². The van der Waals surface area contributed by atoms with E-state index in [2.05, 4.69) is 26.6 Å². The third-order valence-electron chi connectivity index (χ3n) is 4.30. The van der Waals surface area contributed by atoms with Crippen LogP contribution < -0.4 is 20.1 Å². The highest BCUT2D eigenvalue weighted by Crippen LogP contribution is 2.37. The second-order valence-corrected chi connectivity index (χ2v) is 7.28. The van der Waals surface area contributed by atoms with Crippen LogP contribution >= 0.6 is 28.3 Å². The molecule has 0 radical (unpaired) electrons. The van der Waals surface area contributed by atoms with Gasteiger partial charge in [-0.3, -0.25) is 4.79 Å².